The van der Waals surface area contributed by atoms with Crippen LogP contribution in [0.4, 0.5) is 0 Å². The number of halogens is 1. The van der Waals surface area contributed by atoms with Crippen molar-refractivity contribution in [2.45, 2.75) is 26.3 Å². The first kappa shape index (κ1) is 18.4. The Morgan fingerprint density at radius 2 is 2.00 bits per heavy atom. The van der Waals surface area contributed by atoms with Crippen LogP contribution in [0.5, 0.6) is 5.75 Å². The van der Waals surface area contributed by atoms with Crippen molar-refractivity contribution < 1.29 is 9.53 Å². The highest BCUT2D eigenvalue weighted by Crippen LogP contribution is 2.37. The summed E-state index contributed by atoms with van der Waals surface area (Å²) in [6.45, 7) is 4.05. The van der Waals surface area contributed by atoms with Gasteiger partial charge >= 0.3 is 0 Å². The molecule has 0 bridgehead atoms. The van der Waals surface area contributed by atoms with E-state index in [2.05, 4.69) is 10.1 Å². The van der Waals surface area contributed by atoms with E-state index >= 15 is 0 Å². The number of carbonyl (C=O) groups is 1. The fourth-order valence-corrected chi connectivity index (χ4v) is 3.76. The molecule has 1 unspecified atom stereocenters. The van der Waals surface area contributed by atoms with Gasteiger partial charge in [0.2, 0.25) is 5.91 Å². The molecule has 0 spiro atoms. The lowest BCUT2D eigenvalue weighted by molar-refractivity contribution is -0.130. The number of aromatic nitrogens is 1. The molecule has 4 rings (SSSR count). The standard InChI is InChI=1S/C22H20ClN3O2/c1-3-28-17-9-10-19-16(11-17)12-18(22(23)24-19)21-13-20(25-26(21)14(2)27)15-7-5-4-6-8-15/h4-12,21H,3,13H2,1-2H3. The second kappa shape index (κ2) is 7.60. The molecule has 0 saturated carbocycles. The Morgan fingerprint density at radius 3 is 2.71 bits per heavy atom. The van der Waals surface area contributed by atoms with Crippen molar-refractivity contribution in [3.8, 4) is 5.75 Å². The van der Waals surface area contributed by atoms with Crippen LogP contribution in [0.1, 0.15) is 37.4 Å². The summed E-state index contributed by atoms with van der Waals surface area (Å²) in [5.74, 6) is 0.649. The molecule has 5 nitrogen and oxygen atoms in total. The molecule has 1 aromatic heterocycles. The van der Waals surface area contributed by atoms with Crippen LogP contribution in [0.3, 0.4) is 0 Å². The van der Waals surface area contributed by atoms with Crippen LogP contribution in [0.25, 0.3) is 10.9 Å². The van der Waals surface area contributed by atoms with E-state index in [0.29, 0.717) is 18.2 Å². The average molecular weight is 394 g/mol. The van der Waals surface area contributed by atoms with Crippen molar-refractivity contribution in [3.63, 3.8) is 0 Å². The third-order valence-electron chi connectivity index (χ3n) is 4.78. The predicted octanol–water partition coefficient (Wildman–Crippen LogP) is 4.98. The van der Waals surface area contributed by atoms with Gasteiger partial charge < -0.3 is 4.74 Å². The van der Waals surface area contributed by atoms with Gasteiger partial charge in [0.1, 0.15) is 10.9 Å². The number of fused-ring (bicyclic) bond motifs is 1. The highest BCUT2D eigenvalue weighted by Gasteiger charge is 2.33. The molecule has 2 aromatic carbocycles. The summed E-state index contributed by atoms with van der Waals surface area (Å²) in [5, 5.41) is 7.38. The molecule has 1 aliphatic heterocycles. The van der Waals surface area contributed by atoms with E-state index in [1.54, 1.807) is 0 Å². The van der Waals surface area contributed by atoms with Crippen molar-refractivity contribution in [1.29, 1.82) is 0 Å². The summed E-state index contributed by atoms with van der Waals surface area (Å²) in [4.78, 5) is 16.8. The molecular weight excluding hydrogens is 374 g/mol. The largest absolute Gasteiger partial charge is 0.494 e. The normalized spacial score (nSPS) is 16.3. The van der Waals surface area contributed by atoms with Crippen LogP contribution >= 0.6 is 11.6 Å². The Kier molecular flexibility index (Phi) is 5.01. The van der Waals surface area contributed by atoms with Gasteiger partial charge in [0.05, 0.1) is 23.9 Å². The maximum atomic E-state index is 12.3. The Morgan fingerprint density at radius 1 is 1.21 bits per heavy atom. The minimum absolute atomic E-state index is 0.129. The minimum atomic E-state index is -0.284. The maximum Gasteiger partial charge on any atom is 0.240 e. The Labute approximate surface area is 168 Å². The zero-order chi connectivity index (χ0) is 19.7. The van der Waals surface area contributed by atoms with E-state index in [9.17, 15) is 4.79 Å². The van der Waals surface area contributed by atoms with Gasteiger partial charge in [-0.3, -0.25) is 4.79 Å². The molecule has 1 amide bonds. The van der Waals surface area contributed by atoms with E-state index in [4.69, 9.17) is 16.3 Å². The third kappa shape index (κ3) is 3.45. The van der Waals surface area contributed by atoms with Crippen LogP contribution in [0.2, 0.25) is 5.15 Å². The van der Waals surface area contributed by atoms with Gasteiger partial charge in [0.15, 0.2) is 0 Å². The molecule has 28 heavy (non-hydrogen) atoms. The predicted molar refractivity (Wildman–Crippen MR) is 111 cm³/mol. The number of nitrogens with zero attached hydrogens (tertiary/aromatic N) is 3. The van der Waals surface area contributed by atoms with E-state index in [1.807, 2.05) is 61.5 Å². The van der Waals surface area contributed by atoms with Crippen LogP contribution in [-0.2, 0) is 4.79 Å². The fraction of sp³-hybridized carbons (Fsp3) is 0.227. The Bertz CT molecular complexity index is 1070. The number of hydrogen-bond donors (Lipinski definition) is 0. The Hall–Kier alpha value is -2.92. The molecule has 3 aromatic rings. The summed E-state index contributed by atoms with van der Waals surface area (Å²) >= 11 is 6.52. The van der Waals surface area contributed by atoms with Crippen molar-refractivity contribution in [3.05, 3.63) is 70.9 Å². The number of hydrogen-bond acceptors (Lipinski definition) is 4. The van der Waals surface area contributed by atoms with Crippen molar-refractivity contribution >= 4 is 34.1 Å². The number of benzene rings is 2. The van der Waals surface area contributed by atoms with E-state index < -0.39 is 0 Å². The fourth-order valence-electron chi connectivity index (χ4n) is 3.49. The maximum absolute atomic E-state index is 12.3. The summed E-state index contributed by atoms with van der Waals surface area (Å²) < 4.78 is 5.60. The number of ether oxygens (including phenoxy) is 1. The van der Waals surface area contributed by atoms with E-state index in [-0.39, 0.29) is 11.9 Å². The van der Waals surface area contributed by atoms with Crippen molar-refractivity contribution in [2.75, 3.05) is 6.61 Å². The summed E-state index contributed by atoms with van der Waals surface area (Å²) in [6.07, 6.45) is 0.585. The smallest absolute Gasteiger partial charge is 0.240 e. The van der Waals surface area contributed by atoms with Crippen LogP contribution in [0.15, 0.2) is 59.7 Å². The van der Waals surface area contributed by atoms with Crippen LogP contribution in [-0.4, -0.2) is 28.2 Å². The van der Waals surface area contributed by atoms with E-state index in [1.165, 1.54) is 11.9 Å². The highest BCUT2D eigenvalue weighted by molar-refractivity contribution is 6.30. The van der Waals surface area contributed by atoms with Gasteiger partial charge in [-0.25, -0.2) is 9.99 Å². The lowest BCUT2D eigenvalue weighted by atomic mass is 9.98. The molecule has 2 heterocycles. The van der Waals surface area contributed by atoms with Crippen molar-refractivity contribution in [1.82, 2.24) is 9.99 Å². The van der Waals surface area contributed by atoms with Gasteiger partial charge in [-0.15, -0.1) is 0 Å². The van der Waals surface area contributed by atoms with Gasteiger partial charge in [-0.2, -0.15) is 5.10 Å². The molecule has 1 atom stereocenters. The number of rotatable bonds is 4. The first-order chi connectivity index (χ1) is 13.6. The molecule has 0 N–H and O–H groups in total. The monoisotopic (exact) mass is 393 g/mol. The van der Waals surface area contributed by atoms with Gasteiger partial charge in [0.25, 0.3) is 0 Å². The second-order valence-corrected chi connectivity index (χ2v) is 7.01. The zero-order valence-electron chi connectivity index (χ0n) is 15.7. The van der Waals surface area contributed by atoms with Crippen LogP contribution in [0, 0.1) is 0 Å². The molecule has 142 valence electrons. The first-order valence-electron chi connectivity index (χ1n) is 9.22. The minimum Gasteiger partial charge on any atom is -0.494 e. The molecular formula is C22H20ClN3O2. The first-order valence-corrected chi connectivity index (χ1v) is 9.60. The van der Waals surface area contributed by atoms with Crippen LogP contribution < -0.4 is 4.74 Å². The number of carbonyl (C=O) groups excluding carboxylic acids is 1. The molecule has 1 aliphatic rings. The summed E-state index contributed by atoms with van der Waals surface area (Å²) in [7, 11) is 0. The topological polar surface area (TPSA) is 54.8 Å². The molecule has 0 fully saturated rings. The molecule has 6 heteroatoms. The van der Waals surface area contributed by atoms with Crippen molar-refractivity contribution in [2.24, 2.45) is 5.10 Å². The third-order valence-corrected chi connectivity index (χ3v) is 5.08. The Balaban J connectivity index is 1.75. The molecule has 0 radical (unpaired) electrons. The van der Waals surface area contributed by atoms with Gasteiger partial charge in [-0.1, -0.05) is 41.9 Å². The number of hydrazone groups is 1. The zero-order valence-corrected chi connectivity index (χ0v) is 16.5. The lowest BCUT2D eigenvalue weighted by Gasteiger charge is -2.21. The van der Waals surface area contributed by atoms with E-state index in [0.717, 1.165) is 33.5 Å². The lowest BCUT2D eigenvalue weighted by Crippen LogP contribution is -2.24. The SMILES string of the molecule is CCOc1ccc2nc(Cl)c(C3CC(c4ccccc4)=NN3C(C)=O)cc2c1. The van der Waals surface area contributed by atoms with Gasteiger partial charge in [0, 0.05) is 24.3 Å². The summed E-state index contributed by atoms with van der Waals surface area (Å²) in [6, 6.07) is 17.3. The average Bonchev–Trinajstić information content (AvgIpc) is 3.14. The molecule has 0 aliphatic carbocycles. The quantitative estimate of drug-likeness (QED) is 0.587. The van der Waals surface area contributed by atoms with Gasteiger partial charge in [-0.05, 0) is 36.8 Å². The number of pyridine rings is 1. The molecule has 0 saturated heterocycles. The second-order valence-electron chi connectivity index (χ2n) is 6.65. The summed E-state index contributed by atoms with van der Waals surface area (Å²) in [5.41, 5.74) is 3.43. The number of amides is 1. The highest BCUT2D eigenvalue weighted by atomic mass is 35.5.